The van der Waals surface area contributed by atoms with Gasteiger partial charge in [-0.15, -0.1) is 0 Å². The highest BCUT2D eigenvalue weighted by atomic mass is 79.9. The Hall–Kier alpha value is -3.61. The zero-order valence-electron chi connectivity index (χ0n) is 29.9. The summed E-state index contributed by atoms with van der Waals surface area (Å²) in [6, 6.07) is 20.9. The number of halogens is 3. The van der Waals surface area contributed by atoms with Crippen LogP contribution in [-0.2, 0) is 31.4 Å². The summed E-state index contributed by atoms with van der Waals surface area (Å²) in [5.41, 5.74) is 2.13. The highest BCUT2D eigenvalue weighted by Crippen LogP contribution is 2.46. The van der Waals surface area contributed by atoms with E-state index in [2.05, 4.69) is 14.5 Å². The number of nitrogens with one attached hydrogen (secondary N) is 1. The second kappa shape index (κ2) is 17.0. The number of ether oxygens (including phenoxy) is 4. The Morgan fingerprint density at radius 1 is 0.942 bits per heavy atom. The predicted octanol–water partition coefficient (Wildman–Crippen LogP) is 3.73. The van der Waals surface area contributed by atoms with Crippen molar-refractivity contribution in [2.24, 2.45) is 5.41 Å². The average molecular weight is 817 g/mol. The Labute approximate surface area is 325 Å². The number of piperazine rings is 1. The van der Waals surface area contributed by atoms with Crippen molar-refractivity contribution in [2.75, 3.05) is 50.9 Å². The number of rotatable bonds is 10. The molecule has 0 radical (unpaired) electrons. The molecule has 2 saturated heterocycles. The van der Waals surface area contributed by atoms with E-state index in [4.69, 9.17) is 42.1 Å². The molecule has 10 nitrogen and oxygen atoms in total. The zero-order valence-corrected chi connectivity index (χ0v) is 33.0. The molecule has 13 heteroatoms. The molecular formula is C39H45BrCl2N4O6. The van der Waals surface area contributed by atoms with E-state index in [9.17, 15) is 9.59 Å². The largest absolute Gasteiger partial charge is 1.00 e. The van der Waals surface area contributed by atoms with Crippen LogP contribution >= 0.6 is 23.2 Å². The highest BCUT2D eigenvalue weighted by molar-refractivity contribution is 6.35. The minimum absolute atomic E-state index is 0. The molecule has 0 bridgehead atoms. The van der Waals surface area contributed by atoms with Crippen LogP contribution in [0.1, 0.15) is 57.0 Å². The summed E-state index contributed by atoms with van der Waals surface area (Å²) in [6.45, 7) is 11.7. The summed E-state index contributed by atoms with van der Waals surface area (Å²) in [7, 11) is 0. The lowest BCUT2D eigenvalue weighted by Gasteiger charge is -2.41. The van der Waals surface area contributed by atoms with Crippen LogP contribution in [0, 0.1) is 5.41 Å². The second-order valence-electron chi connectivity index (χ2n) is 13.9. The number of aromatic nitrogens is 2. The van der Waals surface area contributed by atoms with Gasteiger partial charge in [0.1, 0.15) is 37.0 Å². The van der Waals surface area contributed by atoms with Gasteiger partial charge in [-0.05, 0) is 81.3 Å². The Kier molecular flexibility index (Phi) is 13.0. The molecule has 4 aromatic rings. The van der Waals surface area contributed by atoms with E-state index in [1.54, 1.807) is 19.1 Å². The molecule has 6 rings (SSSR count). The SMILES string of the molecule is CC(=O)N1CCN(c2ccc(OCC(c3[nH]cc[n+]3Cc3ccc(OC(=O)C(C)(C)C)cc3)C3(c4ccc(Cl)cc4Cl)OCCCO3)cc2)CC1.[Br-]. The molecule has 1 atom stereocenters. The van der Waals surface area contributed by atoms with Crippen LogP contribution in [-0.4, -0.2) is 67.8 Å². The first-order valence-electron chi connectivity index (χ1n) is 17.3. The molecule has 3 aromatic carbocycles. The minimum atomic E-state index is -1.28. The molecule has 0 spiro atoms. The van der Waals surface area contributed by atoms with Crippen molar-refractivity contribution in [3.8, 4) is 11.5 Å². The van der Waals surface area contributed by atoms with Gasteiger partial charge in [0.2, 0.25) is 11.7 Å². The number of aromatic amines is 1. The van der Waals surface area contributed by atoms with Gasteiger partial charge in [-0.25, -0.2) is 9.55 Å². The fourth-order valence-corrected chi connectivity index (χ4v) is 6.92. The van der Waals surface area contributed by atoms with Gasteiger partial charge in [0, 0.05) is 49.4 Å². The zero-order chi connectivity index (χ0) is 36.2. The maximum atomic E-state index is 12.4. The van der Waals surface area contributed by atoms with Crippen LogP contribution in [0.2, 0.25) is 10.0 Å². The van der Waals surface area contributed by atoms with Crippen LogP contribution in [0.25, 0.3) is 0 Å². The smallest absolute Gasteiger partial charge is 0.316 e. The first-order chi connectivity index (χ1) is 24.4. The number of H-pyrrole nitrogens is 1. The third-order valence-corrected chi connectivity index (χ3v) is 9.80. The topological polar surface area (TPSA) is 97.2 Å². The molecule has 2 aliphatic heterocycles. The van der Waals surface area contributed by atoms with Gasteiger partial charge in [0.15, 0.2) is 5.92 Å². The van der Waals surface area contributed by atoms with Gasteiger partial charge in [-0.1, -0.05) is 41.4 Å². The first kappa shape index (κ1) is 39.6. The van der Waals surface area contributed by atoms with E-state index in [0.717, 1.165) is 36.6 Å². The Balaban J connectivity index is 0.00000523. The minimum Gasteiger partial charge on any atom is -1.00 e. The first-order valence-corrected chi connectivity index (χ1v) is 18.0. The van der Waals surface area contributed by atoms with Gasteiger partial charge in [-0.3, -0.25) is 9.59 Å². The van der Waals surface area contributed by atoms with Gasteiger partial charge in [0.05, 0.1) is 23.7 Å². The van der Waals surface area contributed by atoms with E-state index >= 15 is 0 Å². The monoisotopic (exact) mass is 814 g/mol. The summed E-state index contributed by atoms with van der Waals surface area (Å²) in [6.07, 6.45) is 4.58. The molecule has 1 unspecified atom stereocenters. The van der Waals surface area contributed by atoms with Crippen LogP contribution in [0.5, 0.6) is 11.5 Å². The lowest BCUT2D eigenvalue weighted by atomic mass is 9.89. The number of esters is 1. The van der Waals surface area contributed by atoms with Crippen molar-refractivity contribution in [1.82, 2.24) is 9.88 Å². The molecule has 0 aliphatic carbocycles. The van der Waals surface area contributed by atoms with E-state index < -0.39 is 17.1 Å². The fraction of sp³-hybridized carbons (Fsp3) is 0.410. The van der Waals surface area contributed by atoms with Crippen LogP contribution in [0.3, 0.4) is 0 Å². The molecule has 2 aliphatic rings. The molecule has 1 amide bonds. The standard InChI is InChI=1S/C39H44Cl2N4O6.BrH/c1-27(46)43-18-20-44(21-19-43)30-9-13-31(14-10-30)48-26-34(39(49-22-5-23-50-39)33-15-8-29(40)24-35(33)41)36-42-16-17-45(36)25-28-6-11-32(12-7-28)51-37(47)38(2,3)4;/h6-17,24,34H,5,18-23,25-26H2,1-4H3;1H. The molecule has 3 heterocycles. The molecule has 1 N–H and O–H groups in total. The summed E-state index contributed by atoms with van der Waals surface area (Å²) >= 11 is 13.2. The fourth-order valence-electron chi connectivity index (χ4n) is 6.38. The average Bonchev–Trinajstić information content (AvgIpc) is 3.56. The molecule has 2 fully saturated rings. The summed E-state index contributed by atoms with van der Waals surface area (Å²) in [4.78, 5) is 31.8. The molecular weight excluding hydrogens is 771 g/mol. The quantitative estimate of drug-likeness (QED) is 0.148. The molecule has 278 valence electrons. The van der Waals surface area contributed by atoms with E-state index in [-0.39, 0.29) is 35.5 Å². The van der Waals surface area contributed by atoms with Gasteiger partial charge in [0.25, 0.3) is 5.82 Å². The molecule has 52 heavy (non-hydrogen) atoms. The number of carbonyl (C=O) groups is 2. The number of benzene rings is 3. The van der Waals surface area contributed by atoms with E-state index in [0.29, 0.717) is 60.0 Å². The number of imidazole rings is 1. The number of nitrogens with zero attached hydrogens (tertiary/aromatic N) is 3. The number of anilines is 1. The highest BCUT2D eigenvalue weighted by Gasteiger charge is 2.51. The lowest BCUT2D eigenvalue weighted by molar-refractivity contribution is -0.697. The van der Waals surface area contributed by atoms with Crippen LogP contribution in [0.15, 0.2) is 79.1 Å². The Morgan fingerprint density at radius 2 is 1.60 bits per heavy atom. The number of hydrogen-bond donors (Lipinski definition) is 1. The molecule has 1 aromatic heterocycles. The van der Waals surface area contributed by atoms with E-state index in [1.807, 2.05) is 92.7 Å². The maximum absolute atomic E-state index is 12.4. The summed E-state index contributed by atoms with van der Waals surface area (Å²) in [5, 5.41) is 0.944. The van der Waals surface area contributed by atoms with Gasteiger partial charge in [-0.2, -0.15) is 0 Å². The Bertz CT molecular complexity index is 1820. The number of carbonyl (C=O) groups excluding carboxylic acids is 2. The number of amides is 1. The van der Waals surface area contributed by atoms with Crippen molar-refractivity contribution in [3.05, 3.63) is 106 Å². The third-order valence-electron chi connectivity index (χ3n) is 9.25. The van der Waals surface area contributed by atoms with Crippen molar-refractivity contribution < 1.29 is 50.1 Å². The molecule has 0 saturated carbocycles. The van der Waals surface area contributed by atoms with Crippen molar-refractivity contribution >= 4 is 40.8 Å². The van der Waals surface area contributed by atoms with Crippen molar-refractivity contribution in [3.63, 3.8) is 0 Å². The van der Waals surface area contributed by atoms with Crippen molar-refractivity contribution in [1.29, 1.82) is 0 Å². The number of hydrogen-bond acceptors (Lipinski definition) is 7. The lowest BCUT2D eigenvalue weighted by Crippen LogP contribution is -3.00. The predicted molar refractivity (Wildman–Crippen MR) is 195 cm³/mol. The normalized spacial score (nSPS) is 16.5. The van der Waals surface area contributed by atoms with E-state index in [1.165, 1.54) is 0 Å². The van der Waals surface area contributed by atoms with Crippen LogP contribution in [0.4, 0.5) is 5.69 Å². The maximum Gasteiger partial charge on any atom is 0.316 e. The Morgan fingerprint density at radius 3 is 2.21 bits per heavy atom. The summed E-state index contributed by atoms with van der Waals surface area (Å²) < 4.78 is 27.4. The van der Waals surface area contributed by atoms with Gasteiger partial charge < -0.3 is 45.7 Å². The van der Waals surface area contributed by atoms with Crippen molar-refractivity contribution in [2.45, 2.75) is 52.4 Å². The second-order valence-corrected chi connectivity index (χ2v) is 14.8. The summed E-state index contributed by atoms with van der Waals surface area (Å²) in [5.74, 6) is 0.0296. The third kappa shape index (κ3) is 9.12. The van der Waals surface area contributed by atoms with Crippen LogP contribution < -0.4 is 35.9 Å². The van der Waals surface area contributed by atoms with Gasteiger partial charge >= 0.3 is 5.97 Å².